The molecule has 1 aromatic carbocycles. The number of fused-ring (bicyclic) bond motifs is 1. The van der Waals surface area contributed by atoms with Gasteiger partial charge in [0.2, 0.25) is 0 Å². The number of aromatic nitrogens is 5. The number of anilines is 1. The molecule has 30 heavy (non-hydrogen) atoms. The summed E-state index contributed by atoms with van der Waals surface area (Å²) in [6.45, 7) is 2.67. The first kappa shape index (κ1) is 18.8. The highest BCUT2D eigenvalue weighted by molar-refractivity contribution is 5.92. The van der Waals surface area contributed by atoms with Crippen LogP contribution in [0.2, 0.25) is 0 Å². The first-order valence-electron chi connectivity index (χ1n) is 10.5. The third-order valence-electron chi connectivity index (χ3n) is 6.24. The van der Waals surface area contributed by atoms with E-state index in [9.17, 15) is 9.59 Å². The molecule has 2 fully saturated rings. The highest BCUT2D eigenvalue weighted by atomic mass is 16.2. The number of hydrogen-bond donors (Lipinski definition) is 0. The molecule has 0 N–H and O–H groups in total. The number of carbonyl (C=O) groups excluding carboxylic acids is 1. The molecule has 2 aromatic heterocycles. The SMILES string of the molecule is Cn1cc(C(=O)N2CCN(c3ccc4c(=O)n(C5CCCC5)cnc4c3)CC2)nn1. The summed E-state index contributed by atoms with van der Waals surface area (Å²) in [5.41, 5.74) is 2.18. The first-order chi connectivity index (χ1) is 14.6. The van der Waals surface area contributed by atoms with E-state index in [-0.39, 0.29) is 17.5 Å². The zero-order valence-corrected chi connectivity index (χ0v) is 17.1. The third kappa shape index (κ3) is 3.34. The molecule has 2 aliphatic rings. The van der Waals surface area contributed by atoms with Gasteiger partial charge in [0.25, 0.3) is 11.5 Å². The molecule has 3 aromatic rings. The predicted molar refractivity (Wildman–Crippen MR) is 113 cm³/mol. The van der Waals surface area contributed by atoms with Crippen molar-refractivity contribution in [1.82, 2.24) is 29.4 Å². The van der Waals surface area contributed by atoms with E-state index < -0.39 is 0 Å². The number of hydrogen-bond acceptors (Lipinski definition) is 6. The Morgan fingerprint density at radius 1 is 1.10 bits per heavy atom. The molecule has 1 saturated carbocycles. The summed E-state index contributed by atoms with van der Waals surface area (Å²) in [6, 6.07) is 6.15. The van der Waals surface area contributed by atoms with Gasteiger partial charge in [0.15, 0.2) is 5.69 Å². The van der Waals surface area contributed by atoms with Gasteiger partial charge in [-0.3, -0.25) is 18.8 Å². The molecule has 0 bridgehead atoms. The molecular weight excluding hydrogens is 382 g/mol. The van der Waals surface area contributed by atoms with Crippen LogP contribution in [0.15, 0.2) is 35.5 Å². The van der Waals surface area contributed by atoms with Gasteiger partial charge in [-0.15, -0.1) is 5.10 Å². The zero-order valence-electron chi connectivity index (χ0n) is 17.1. The van der Waals surface area contributed by atoms with Gasteiger partial charge < -0.3 is 9.80 Å². The van der Waals surface area contributed by atoms with Crippen LogP contribution in [0.1, 0.15) is 42.2 Å². The molecule has 1 amide bonds. The number of benzene rings is 1. The normalized spacial score (nSPS) is 17.8. The monoisotopic (exact) mass is 407 g/mol. The van der Waals surface area contributed by atoms with Gasteiger partial charge >= 0.3 is 0 Å². The van der Waals surface area contributed by atoms with Crippen LogP contribution in [-0.2, 0) is 7.05 Å². The van der Waals surface area contributed by atoms with E-state index in [0.29, 0.717) is 24.2 Å². The van der Waals surface area contributed by atoms with Crippen molar-refractivity contribution in [3.8, 4) is 0 Å². The van der Waals surface area contributed by atoms with E-state index in [4.69, 9.17) is 0 Å². The van der Waals surface area contributed by atoms with Gasteiger partial charge in [0.05, 0.1) is 23.4 Å². The fourth-order valence-electron chi connectivity index (χ4n) is 4.54. The minimum Gasteiger partial charge on any atom is -0.368 e. The molecule has 3 heterocycles. The van der Waals surface area contributed by atoms with E-state index in [2.05, 4.69) is 20.2 Å². The van der Waals surface area contributed by atoms with Gasteiger partial charge in [-0.25, -0.2) is 4.98 Å². The number of amides is 1. The van der Waals surface area contributed by atoms with Crippen LogP contribution in [0.25, 0.3) is 10.9 Å². The maximum absolute atomic E-state index is 12.9. The fourth-order valence-corrected chi connectivity index (χ4v) is 4.54. The second-order valence-electron chi connectivity index (χ2n) is 8.15. The summed E-state index contributed by atoms with van der Waals surface area (Å²) in [7, 11) is 1.75. The Balaban J connectivity index is 1.31. The van der Waals surface area contributed by atoms with Crippen molar-refractivity contribution in [3.63, 3.8) is 0 Å². The minimum atomic E-state index is -0.0876. The molecule has 156 valence electrons. The van der Waals surface area contributed by atoms with Gasteiger partial charge in [-0.1, -0.05) is 18.1 Å². The lowest BCUT2D eigenvalue weighted by Gasteiger charge is -2.35. The smallest absolute Gasteiger partial charge is 0.276 e. The maximum atomic E-state index is 12.9. The van der Waals surface area contributed by atoms with Gasteiger partial charge in [0, 0.05) is 45.0 Å². The quantitative estimate of drug-likeness (QED) is 0.655. The van der Waals surface area contributed by atoms with Gasteiger partial charge in [-0.2, -0.15) is 0 Å². The van der Waals surface area contributed by atoms with Crippen molar-refractivity contribution >= 4 is 22.5 Å². The lowest BCUT2D eigenvalue weighted by atomic mass is 10.1. The van der Waals surface area contributed by atoms with Crippen molar-refractivity contribution in [2.75, 3.05) is 31.1 Å². The topological polar surface area (TPSA) is 89.2 Å². The highest BCUT2D eigenvalue weighted by Gasteiger charge is 2.25. The Morgan fingerprint density at radius 3 is 2.57 bits per heavy atom. The van der Waals surface area contributed by atoms with Gasteiger partial charge in [0.1, 0.15) is 0 Å². The molecule has 0 unspecified atom stereocenters. The lowest BCUT2D eigenvalue weighted by molar-refractivity contribution is 0.0740. The van der Waals surface area contributed by atoms with Crippen molar-refractivity contribution in [2.45, 2.75) is 31.7 Å². The van der Waals surface area contributed by atoms with E-state index in [1.54, 1.807) is 24.5 Å². The second kappa shape index (κ2) is 7.55. The number of rotatable bonds is 3. The molecule has 9 nitrogen and oxygen atoms in total. The van der Waals surface area contributed by atoms with Crippen molar-refractivity contribution in [1.29, 1.82) is 0 Å². The van der Waals surface area contributed by atoms with Crippen LogP contribution >= 0.6 is 0 Å². The van der Waals surface area contributed by atoms with Gasteiger partial charge in [-0.05, 0) is 31.0 Å². The zero-order chi connectivity index (χ0) is 20.7. The molecule has 0 atom stereocenters. The van der Waals surface area contributed by atoms with Crippen LogP contribution in [0.5, 0.6) is 0 Å². The summed E-state index contributed by atoms with van der Waals surface area (Å²) >= 11 is 0. The number of aryl methyl sites for hydroxylation is 1. The molecule has 5 rings (SSSR count). The van der Waals surface area contributed by atoms with Crippen LogP contribution in [-0.4, -0.2) is 61.5 Å². The molecule has 9 heteroatoms. The maximum Gasteiger partial charge on any atom is 0.276 e. The lowest BCUT2D eigenvalue weighted by Crippen LogP contribution is -2.48. The number of nitrogens with zero attached hydrogens (tertiary/aromatic N) is 7. The fraction of sp³-hybridized carbons (Fsp3) is 0.476. The van der Waals surface area contributed by atoms with E-state index in [1.165, 1.54) is 17.5 Å². The summed E-state index contributed by atoms with van der Waals surface area (Å²) in [5.74, 6) is -0.0876. The van der Waals surface area contributed by atoms with Crippen LogP contribution in [0.4, 0.5) is 5.69 Å². The molecule has 1 aliphatic heterocycles. The van der Waals surface area contributed by atoms with Crippen molar-refractivity contribution < 1.29 is 4.79 Å². The second-order valence-corrected chi connectivity index (χ2v) is 8.15. The number of piperazine rings is 1. The Bertz CT molecular complexity index is 1140. The molecule has 0 radical (unpaired) electrons. The summed E-state index contributed by atoms with van der Waals surface area (Å²) in [4.78, 5) is 34.1. The largest absolute Gasteiger partial charge is 0.368 e. The Kier molecular flexibility index (Phi) is 4.72. The molecule has 1 saturated heterocycles. The van der Waals surface area contributed by atoms with E-state index >= 15 is 0 Å². The predicted octanol–water partition coefficient (Wildman–Crippen LogP) is 1.60. The standard InChI is InChI=1S/C21H25N7O2/c1-25-13-19(23-24-25)21(30)27-10-8-26(9-11-27)16-6-7-17-18(12-16)22-14-28(20(17)29)15-4-2-3-5-15/h6-7,12-15H,2-5,8-11H2,1H3. The summed E-state index contributed by atoms with van der Waals surface area (Å²) < 4.78 is 3.35. The van der Waals surface area contributed by atoms with E-state index in [1.807, 2.05) is 22.8 Å². The first-order valence-corrected chi connectivity index (χ1v) is 10.5. The third-order valence-corrected chi connectivity index (χ3v) is 6.24. The summed E-state index contributed by atoms with van der Waals surface area (Å²) in [6.07, 6.45) is 7.83. The average molecular weight is 407 g/mol. The minimum absolute atomic E-state index is 0.0536. The molecule has 0 spiro atoms. The highest BCUT2D eigenvalue weighted by Crippen LogP contribution is 2.28. The van der Waals surface area contributed by atoms with Crippen LogP contribution in [0, 0.1) is 0 Å². The number of carbonyl (C=O) groups is 1. The molecular formula is C21H25N7O2. The van der Waals surface area contributed by atoms with Crippen LogP contribution < -0.4 is 10.5 Å². The Hall–Kier alpha value is -3.23. The van der Waals surface area contributed by atoms with E-state index in [0.717, 1.165) is 37.1 Å². The molecule has 1 aliphatic carbocycles. The van der Waals surface area contributed by atoms with Crippen molar-refractivity contribution in [3.05, 3.63) is 46.8 Å². The van der Waals surface area contributed by atoms with Crippen LogP contribution in [0.3, 0.4) is 0 Å². The Morgan fingerprint density at radius 2 is 1.87 bits per heavy atom. The summed E-state index contributed by atoms with van der Waals surface area (Å²) in [5, 5.41) is 8.42. The van der Waals surface area contributed by atoms with Crippen molar-refractivity contribution in [2.24, 2.45) is 7.05 Å². The average Bonchev–Trinajstić information content (AvgIpc) is 3.45. The Labute approximate surface area is 173 Å².